The van der Waals surface area contributed by atoms with Crippen molar-refractivity contribution < 1.29 is 9.90 Å². The molecule has 0 aliphatic heterocycles. The first-order valence-corrected chi connectivity index (χ1v) is 9.16. The summed E-state index contributed by atoms with van der Waals surface area (Å²) in [4.78, 5) is 14.9. The molecule has 1 heterocycles. The van der Waals surface area contributed by atoms with Crippen LogP contribution in [0.25, 0.3) is 0 Å². The lowest BCUT2D eigenvalue weighted by Crippen LogP contribution is -2.59. The number of likely N-dealkylation sites (N-methyl/N-ethyl adjacent to an activating group) is 1. The summed E-state index contributed by atoms with van der Waals surface area (Å²) in [5, 5.41) is 16.9. The highest BCUT2D eigenvalue weighted by atomic mass is 16.3. The van der Waals surface area contributed by atoms with Crippen LogP contribution in [0.2, 0.25) is 0 Å². The molecule has 1 amide bonds. The van der Waals surface area contributed by atoms with Crippen molar-refractivity contribution in [2.24, 2.45) is 24.8 Å². The number of aliphatic hydroxyl groups is 1. The zero-order valence-electron chi connectivity index (χ0n) is 14.7. The van der Waals surface area contributed by atoms with Crippen LogP contribution in [0.15, 0.2) is 6.20 Å². The van der Waals surface area contributed by atoms with E-state index in [4.69, 9.17) is 0 Å². The van der Waals surface area contributed by atoms with Crippen molar-refractivity contribution in [3.63, 3.8) is 0 Å². The predicted octanol–water partition coefficient (Wildman–Crippen LogP) is 1.55. The van der Waals surface area contributed by atoms with Gasteiger partial charge < -0.3 is 15.3 Å². The molecule has 1 aromatic rings. The Labute approximate surface area is 143 Å². The maximum Gasteiger partial charge on any atom is 0.257 e. The van der Waals surface area contributed by atoms with Gasteiger partial charge in [0.1, 0.15) is 11.4 Å². The molecule has 0 aromatic carbocycles. The van der Waals surface area contributed by atoms with Gasteiger partial charge in [-0.1, -0.05) is 0 Å². The van der Waals surface area contributed by atoms with Crippen LogP contribution in [0.1, 0.15) is 48.9 Å². The molecule has 4 fully saturated rings. The van der Waals surface area contributed by atoms with Gasteiger partial charge in [0.2, 0.25) is 0 Å². The Morgan fingerprint density at radius 2 is 1.92 bits per heavy atom. The van der Waals surface area contributed by atoms with Crippen LogP contribution >= 0.6 is 0 Å². The molecule has 1 aromatic heterocycles. The van der Waals surface area contributed by atoms with Gasteiger partial charge in [-0.25, -0.2) is 0 Å². The number of hydrogen-bond acceptors (Lipinski definition) is 4. The van der Waals surface area contributed by atoms with Crippen molar-refractivity contribution in [2.75, 3.05) is 25.1 Å². The largest absolute Gasteiger partial charge is 0.395 e. The summed E-state index contributed by atoms with van der Waals surface area (Å²) >= 11 is 0. The lowest BCUT2D eigenvalue weighted by molar-refractivity contribution is -0.0166. The lowest BCUT2D eigenvalue weighted by atomic mass is 9.53. The van der Waals surface area contributed by atoms with E-state index < -0.39 is 0 Å². The van der Waals surface area contributed by atoms with Gasteiger partial charge in [-0.2, -0.15) is 5.10 Å². The molecule has 4 saturated carbocycles. The Balaban J connectivity index is 1.55. The van der Waals surface area contributed by atoms with Crippen LogP contribution in [0, 0.1) is 17.8 Å². The van der Waals surface area contributed by atoms with Crippen molar-refractivity contribution in [3.8, 4) is 0 Å². The first-order chi connectivity index (χ1) is 11.5. The van der Waals surface area contributed by atoms with E-state index in [0.717, 1.165) is 42.8 Å². The molecule has 5 rings (SSSR count). The molecule has 0 radical (unpaired) electrons. The Bertz CT molecular complexity index is 604. The topological polar surface area (TPSA) is 70.4 Å². The fraction of sp³-hybridized carbons (Fsp3) is 0.778. The number of aliphatic hydroxyl groups excluding tert-OH is 1. The third kappa shape index (κ3) is 2.61. The van der Waals surface area contributed by atoms with Crippen LogP contribution in [0.4, 0.5) is 5.82 Å². The number of nitrogens with one attached hydrogen (secondary N) is 1. The number of hydrogen-bond donors (Lipinski definition) is 2. The minimum absolute atomic E-state index is 0.00843. The molecule has 6 nitrogen and oxygen atoms in total. The summed E-state index contributed by atoms with van der Waals surface area (Å²) in [6.07, 6.45) is 9.19. The molecule has 6 heteroatoms. The van der Waals surface area contributed by atoms with Crippen LogP contribution in [0.3, 0.4) is 0 Å². The average Bonchev–Trinajstić information content (AvgIpc) is 2.87. The van der Waals surface area contributed by atoms with Gasteiger partial charge >= 0.3 is 0 Å². The summed E-state index contributed by atoms with van der Waals surface area (Å²) in [5.74, 6) is 3.18. The van der Waals surface area contributed by atoms with E-state index in [1.54, 1.807) is 10.9 Å². The van der Waals surface area contributed by atoms with E-state index in [9.17, 15) is 9.90 Å². The van der Waals surface area contributed by atoms with Crippen molar-refractivity contribution in [3.05, 3.63) is 11.8 Å². The molecule has 4 aliphatic carbocycles. The van der Waals surface area contributed by atoms with Crippen LogP contribution < -0.4 is 10.2 Å². The Morgan fingerprint density at radius 1 is 1.33 bits per heavy atom. The maximum atomic E-state index is 13.0. The number of nitrogens with zero attached hydrogens (tertiary/aromatic N) is 3. The number of amides is 1. The summed E-state index contributed by atoms with van der Waals surface area (Å²) in [6, 6.07) is 0. The number of anilines is 1. The van der Waals surface area contributed by atoms with Crippen LogP contribution in [-0.4, -0.2) is 46.5 Å². The highest BCUT2D eigenvalue weighted by Crippen LogP contribution is 2.55. The molecule has 132 valence electrons. The molecular formula is C18H28N4O2. The highest BCUT2D eigenvalue weighted by molar-refractivity contribution is 5.99. The number of carbonyl (C=O) groups is 1. The highest BCUT2D eigenvalue weighted by Gasteiger charge is 2.51. The SMILES string of the molecule is CN(CCO)c1c(C(=O)NC23CC4CC(CC(C4)C2)C3)cnn1C. The molecule has 4 aliphatic rings. The van der Waals surface area contributed by atoms with Gasteiger partial charge in [-0.3, -0.25) is 9.48 Å². The second-order valence-corrected chi connectivity index (χ2v) is 8.30. The van der Waals surface area contributed by atoms with E-state index in [1.165, 1.54) is 19.3 Å². The minimum atomic E-state index is -0.00941. The summed E-state index contributed by atoms with van der Waals surface area (Å²) in [6.45, 7) is 0.537. The second-order valence-electron chi connectivity index (χ2n) is 8.30. The molecule has 2 N–H and O–H groups in total. The number of aryl methyl sites for hydroxylation is 1. The van der Waals surface area contributed by atoms with Gasteiger partial charge in [0.05, 0.1) is 12.8 Å². The van der Waals surface area contributed by atoms with Crippen molar-refractivity contribution >= 4 is 11.7 Å². The lowest BCUT2D eigenvalue weighted by Gasteiger charge is -2.56. The first kappa shape index (κ1) is 15.9. The van der Waals surface area contributed by atoms with Crippen LogP contribution in [0.5, 0.6) is 0 Å². The normalized spacial score (nSPS) is 33.7. The molecule has 0 saturated heterocycles. The molecule has 0 unspecified atom stereocenters. The minimum Gasteiger partial charge on any atom is -0.395 e. The zero-order valence-corrected chi connectivity index (χ0v) is 14.7. The molecule has 0 atom stereocenters. The van der Waals surface area contributed by atoms with Gasteiger partial charge in [0, 0.05) is 26.2 Å². The second kappa shape index (κ2) is 5.76. The van der Waals surface area contributed by atoms with E-state index in [-0.39, 0.29) is 18.1 Å². The quantitative estimate of drug-likeness (QED) is 0.858. The smallest absolute Gasteiger partial charge is 0.257 e. The van der Waals surface area contributed by atoms with E-state index in [2.05, 4.69) is 10.4 Å². The third-order valence-electron chi connectivity index (χ3n) is 6.37. The number of aromatic nitrogens is 2. The van der Waals surface area contributed by atoms with Gasteiger partial charge in [-0.15, -0.1) is 0 Å². The molecular weight excluding hydrogens is 304 g/mol. The van der Waals surface area contributed by atoms with Gasteiger partial charge in [0.15, 0.2) is 0 Å². The zero-order chi connectivity index (χ0) is 16.9. The monoisotopic (exact) mass is 332 g/mol. The van der Waals surface area contributed by atoms with Gasteiger partial charge in [-0.05, 0) is 56.3 Å². The van der Waals surface area contributed by atoms with Crippen molar-refractivity contribution in [1.82, 2.24) is 15.1 Å². The fourth-order valence-electron chi connectivity index (χ4n) is 5.87. The predicted molar refractivity (Wildman–Crippen MR) is 91.9 cm³/mol. The Morgan fingerprint density at radius 3 is 2.46 bits per heavy atom. The molecule has 0 spiro atoms. The number of carbonyl (C=O) groups excluding carboxylic acids is 1. The summed E-state index contributed by atoms with van der Waals surface area (Å²) < 4.78 is 1.71. The molecule has 24 heavy (non-hydrogen) atoms. The first-order valence-electron chi connectivity index (χ1n) is 9.16. The third-order valence-corrected chi connectivity index (χ3v) is 6.37. The van der Waals surface area contributed by atoms with E-state index in [0.29, 0.717) is 12.1 Å². The fourth-order valence-corrected chi connectivity index (χ4v) is 5.87. The molecule has 4 bridgehead atoms. The van der Waals surface area contributed by atoms with Gasteiger partial charge in [0.25, 0.3) is 5.91 Å². The summed E-state index contributed by atoms with van der Waals surface area (Å²) in [7, 11) is 3.72. The average molecular weight is 332 g/mol. The number of rotatable bonds is 5. The Hall–Kier alpha value is -1.56. The standard InChI is InChI=1S/C18H28N4O2/c1-21(3-4-23)17-15(11-19-22(17)2)16(24)20-18-8-12-5-13(9-18)7-14(6-12)10-18/h11-14,23H,3-10H2,1-2H3,(H,20,24). The van der Waals surface area contributed by atoms with Crippen LogP contribution in [-0.2, 0) is 7.05 Å². The Kier molecular flexibility index (Phi) is 3.82. The van der Waals surface area contributed by atoms with Crippen molar-refractivity contribution in [1.29, 1.82) is 0 Å². The van der Waals surface area contributed by atoms with E-state index in [1.807, 2.05) is 19.0 Å². The van der Waals surface area contributed by atoms with Crippen molar-refractivity contribution in [2.45, 2.75) is 44.1 Å². The maximum absolute atomic E-state index is 13.0. The van der Waals surface area contributed by atoms with E-state index >= 15 is 0 Å². The summed E-state index contributed by atoms with van der Waals surface area (Å²) in [5.41, 5.74) is 0.623.